The molecule has 3 heterocycles. The Morgan fingerprint density at radius 2 is 1.51 bits per heavy atom. The summed E-state index contributed by atoms with van der Waals surface area (Å²) in [6, 6.07) is 41.7. The van der Waals surface area contributed by atoms with E-state index < -0.39 is 0 Å². The zero-order chi connectivity index (χ0) is 31.8. The summed E-state index contributed by atoms with van der Waals surface area (Å²) < 4.78 is 8.68. The molecule has 5 aliphatic rings. The van der Waals surface area contributed by atoms with E-state index in [0.29, 0.717) is 23.3 Å². The average Bonchev–Trinajstić information content (AvgIpc) is 3.70. The summed E-state index contributed by atoms with van der Waals surface area (Å²) in [5, 5.41) is 8.49. The summed E-state index contributed by atoms with van der Waals surface area (Å²) in [5.41, 5.74) is 5.76. The molecule has 4 aliphatic carbocycles. The van der Waals surface area contributed by atoms with Crippen LogP contribution < -0.4 is 9.75 Å². The Hall–Kier alpha value is -4.41. The molecule has 2 aromatic heterocycles. The smallest absolute Gasteiger partial charge is 0.135 e. The van der Waals surface area contributed by atoms with Crippen molar-refractivity contribution >= 4 is 33.8 Å². The van der Waals surface area contributed by atoms with Crippen molar-refractivity contribution in [3.63, 3.8) is 0 Å². The fourth-order valence-electron chi connectivity index (χ4n) is 9.96. The molecule has 6 aromatic rings. The molecule has 0 N–H and O–H groups in total. The number of rotatable bonds is 6. The molecule has 49 heavy (non-hydrogen) atoms. The first-order valence-electron chi connectivity index (χ1n) is 17.2. The summed E-state index contributed by atoms with van der Waals surface area (Å²) in [7, 11) is 1.95. The summed E-state index contributed by atoms with van der Waals surface area (Å²) in [4.78, 5) is 6.96. The maximum Gasteiger partial charge on any atom is 0.135 e. The predicted octanol–water partition coefficient (Wildman–Crippen LogP) is 9.13. The first-order chi connectivity index (χ1) is 23.6. The Kier molecular flexibility index (Phi) is 7.42. The molecule has 0 radical (unpaired) electrons. The van der Waals surface area contributed by atoms with Gasteiger partial charge >= 0.3 is 0 Å². The Bertz CT molecular complexity index is 2180. The Labute approximate surface area is 301 Å². The maximum absolute atomic E-state index is 6.41. The molecule has 7 heteroatoms. The quantitative estimate of drug-likeness (QED) is 0.158. The number of anilines is 1. The van der Waals surface area contributed by atoms with Crippen molar-refractivity contribution in [2.45, 2.75) is 37.5 Å². The van der Waals surface area contributed by atoms with Gasteiger partial charge in [0.1, 0.15) is 5.82 Å². The Balaban J connectivity index is 0.00000325. The largest absolute Gasteiger partial charge is 0.509 e. The van der Waals surface area contributed by atoms with Crippen molar-refractivity contribution in [2.75, 3.05) is 12.1 Å². The van der Waals surface area contributed by atoms with Gasteiger partial charge in [-0.05, 0) is 97.5 Å². The fraction of sp³-hybridized carbons (Fsp3) is 0.262. The molecule has 11 rings (SSSR count). The van der Waals surface area contributed by atoms with Gasteiger partial charge in [0.05, 0.1) is 6.34 Å². The van der Waals surface area contributed by atoms with E-state index in [1.54, 1.807) is 11.3 Å². The van der Waals surface area contributed by atoms with E-state index in [-0.39, 0.29) is 26.5 Å². The van der Waals surface area contributed by atoms with Gasteiger partial charge in [-0.25, -0.2) is 4.98 Å². The number of nitrogens with zero attached hydrogens (tertiary/aromatic N) is 5. The Morgan fingerprint density at radius 1 is 0.755 bits per heavy atom. The van der Waals surface area contributed by atoms with Crippen molar-refractivity contribution in [1.29, 1.82) is 0 Å². The summed E-state index contributed by atoms with van der Waals surface area (Å²) in [6.45, 7) is 1.90. The minimum Gasteiger partial charge on any atom is -0.509 e. The van der Waals surface area contributed by atoms with Crippen LogP contribution in [0.15, 0.2) is 108 Å². The normalized spacial score (nSPS) is 25.3. The van der Waals surface area contributed by atoms with Crippen LogP contribution in [0.1, 0.15) is 43.2 Å². The van der Waals surface area contributed by atoms with Crippen LogP contribution >= 0.6 is 0 Å². The van der Waals surface area contributed by atoms with E-state index in [4.69, 9.17) is 9.72 Å². The standard InChI is InChI=1S/C42H36N5O.Pt/c1-45-26-44-46(27-45)34-10-7-11-35(24-34)48-36-14-15-38-37-12-5-6-13-39(37)47(40(38)25-36)41-23-31(16-17-43-41)42(30-8-3-2-4-9-30)32-19-28-18-29(21-32)22-33(42)20-28;/h2-17,23,26-29,32-33H,18-22H2,1H3;/q-3;. The third-order valence-corrected chi connectivity index (χ3v) is 11.6. The van der Waals surface area contributed by atoms with Gasteiger partial charge in [0, 0.05) is 49.7 Å². The predicted molar refractivity (Wildman–Crippen MR) is 190 cm³/mol. The molecule has 6 nitrogen and oxygen atoms in total. The number of ether oxygens (including phenoxy) is 1. The van der Waals surface area contributed by atoms with E-state index in [1.807, 2.05) is 49.1 Å². The SMILES string of the molecule is CN1C=NN(c2[c-]c(Oc3[c-]c4c(cc3)c3ccccc3n4-c3cc(C4(c5ccccc5)C5CC6CC(C5)CC4C6)ccn3)ccc2)[CH-]1.[Pt]. The van der Waals surface area contributed by atoms with Crippen molar-refractivity contribution in [1.82, 2.24) is 14.5 Å². The zero-order valence-corrected chi connectivity index (χ0v) is 29.5. The second-order valence-electron chi connectivity index (χ2n) is 14.2. The van der Waals surface area contributed by atoms with Crippen molar-refractivity contribution < 1.29 is 25.8 Å². The van der Waals surface area contributed by atoms with Gasteiger partial charge < -0.3 is 19.2 Å². The zero-order valence-electron chi connectivity index (χ0n) is 27.3. The molecule has 248 valence electrons. The van der Waals surface area contributed by atoms with E-state index in [9.17, 15) is 0 Å². The number of hydrogen-bond acceptors (Lipinski definition) is 5. The number of hydrogen-bond donors (Lipinski definition) is 0. The Morgan fingerprint density at radius 3 is 2.29 bits per heavy atom. The second kappa shape index (κ2) is 11.9. The third kappa shape index (κ3) is 4.86. The van der Waals surface area contributed by atoms with Gasteiger partial charge in [-0.3, -0.25) is 0 Å². The van der Waals surface area contributed by atoms with Crippen molar-refractivity contribution in [3.8, 4) is 17.3 Å². The van der Waals surface area contributed by atoms with Crippen LogP contribution in [0.3, 0.4) is 0 Å². The topological polar surface area (TPSA) is 45.9 Å². The van der Waals surface area contributed by atoms with Crippen LogP contribution in [-0.4, -0.2) is 27.8 Å². The van der Waals surface area contributed by atoms with Gasteiger partial charge in [0.2, 0.25) is 0 Å². The van der Waals surface area contributed by atoms with Crippen molar-refractivity contribution in [3.05, 3.63) is 133 Å². The van der Waals surface area contributed by atoms with E-state index in [1.165, 1.54) is 48.6 Å². The van der Waals surface area contributed by atoms with E-state index >= 15 is 0 Å². The third-order valence-electron chi connectivity index (χ3n) is 11.6. The minimum absolute atomic E-state index is 0. The molecule has 0 amide bonds. The second-order valence-corrected chi connectivity index (χ2v) is 14.2. The summed E-state index contributed by atoms with van der Waals surface area (Å²) >= 11 is 0. The van der Waals surface area contributed by atoms with Crippen LogP contribution in [0.5, 0.6) is 11.5 Å². The number of benzene rings is 4. The first kappa shape index (κ1) is 30.6. The molecule has 0 unspecified atom stereocenters. The van der Waals surface area contributed by atoms with E-state index in [0.717, 1.165) is 39.8 Å². The molecule has 0 atom stereocenters. The monoisotopic (exact) mass is 821 g/mol. The van der Waals surface area contributed by atoms with Crippen LogP contribution in [0.4, 0.5) is 5.69 Å². The summed E-state index contributed by atoms with van der Waals surface area (Å²) in [5.74, 6) is 5.25. The maximum atomic E-state index is 6.41. The molecule has 4 fully saturated rings. The van der Waals surface area contributed by atoms with Gasteiger partial charge in [-0.1, -0.05) is 59.7 Å². The van der Waals surface area contributed by atoms with Gasteiger partial charge in [-0.2, -0.15) is 17.2 Å². The molecule has 4 aromatic carbocycles. The molecule has 0 saturated heterocycles. The number of fused-ring (bicyclic) bond motifs is 3. The summed E-state index contributed by atoms with van der Waals surface area (Å²) in [6.07, 6.45) is 10.6. The number of pyridine rings is 1. The minimum atomic E-state index is 0. The fourth-order valence-corrected chi connectivity index (χ4v) is 9.96. The number of hydrazone groups is 1. The molecule has 4 bridgehead atoms. The van der Waals surface area contributed by atoms with Crippen LogP contribution in [0.2, 0.25) is 0 Å². The van der Waals surface area contributed by atoms with Crippen LogP contribution in [0, 0.1) is 42.5 Å². The van der Waals surface area contributed by atoms with Crippen molar-refractivity contribution in [2.24, 2.45) is 28.8 Å². The molecule has 0 spiro atoms. The molecule has 1 aliphatic heterocycles. The van der Waals surface area contributed by atoms with Gasteiger partial charge in [0.25, 0.3) is 0 Å². The number of para-hydroxylation sites is 1. The molecular weight excluding hydrogens is 786 g/mol. The number of aromatic nitrogens is 2. The average molecular weight is 822 g/mol. The molecular formula is C42H36N5OPt-3. The van der Waals surface area contributed by atoms with Gasteiger partial charge in [0.15, 0.2) is 0 Å². The first-order valence-corrected chi connectivity index (χ1v) is 17.2. The van der Waals surface area contributed by atoms with Crippen LogP contribution in [-0.2, 0) is 26.5 Å². The van der Waals surface area contributed by atoms with Gasteiger partial charge in [-0.15, -0.1) is 42.4 Å². The van der Waals surface area contributed by atoms with Crippen LogP contribution in [0.25, 0.3) is 27.6 Å². The van der Waals surface area contributed by atoms with E-state index in [2.05, 4.69) is 94.6 Å². The molecule has 4 saturated carbocycles.